The van der Waals surface area contributed by atoms with Gasteiger partial charge in [-0.05, 0) is 47.9 Å². The van der Waals surface area contributed by atoms with Crippen molar-refractivity contribution in [1.82, 2.24) is 26.2 Å². The Morgan fingerprint density at radius 2 is 1.38 bits per heavy atom. The Balaban J connectivity index is 1.83. The van der Waals surface area contributed by atoms with E-state index in [0.717, 1.165) is 0 Å². The van der Waals surface area contributed by atoms with E-state index < -0.39 is 71.6 Å². The number of likely N-dealkylation sites (tertiary alicyclic amines) is 1. The number of aromatic hydroxyl groups is 1. The molecule has 0 bridgehead atoms. The molecule has 1 aliphatic rings. The van der Waals surface area contributed by atoms with Crippen LogP contribution < -0.4 is 27.0 Å². The van der Waals surface area contributed by atoms with E-state index in [4.69, 9.17) is 5.73 Å². The van der Waals surface area contributed by atoms with Gasteiger partial charge in [-0.1, -0.05) is 76.6 Å². The van der Waals surface area contributed by atoms with Crippen LogP contribution in [0.25, 0.3) is 0 Å². The SMILES string of the molecule is CCC(C)C(NC(=O)C(Cc1ccc(O)cc1)NC(=O)C(NC(=O)C1CCCN1C(=O)CN)C(C)C)C(=O)NC(Cc1ccccc1)C(=O)O. The molecule has 6 atom stereocenters. The van der Waals surface area contributed by atoms with Gasteiger partial charge in [-0.25, -0.2) is 4.79 Å². The van der Waals surface area contributed by atoms with Crippen molar-refractivity contribution in [3.63, 3.8) is 0 Å². The predicted molar refractivity (Wildman–Crippen MR) is 185 cm³/mol. The van der Waals surface area contributed by atoms with Gasteiger partial charge >= 0.3 is 5.97 Å². The van der Waals surface area contributed by atoms with Crippen LogP contribution in [-0.2, 0) is 41.6 Å². The third-order valence-corrected chi connectivity index (χ3v) is 9.00. The minimum Gasteiger partial charge on any atom is -0.508 e. The molecule has 14 heteroatoms. The van der Waals surface area contributed by atoms with E-state index in [-0.39, 0.29) is 31.0 Å². The van der Waals surface area contributed by atoms with Gasteiger partial charge < -0.3 is 42.1 Å². The molecular formula is C36H50N6O8. The van der Waals surface area contributed by atoms with Crippen LogP contribution in [0.2, 0.25) is 0 Å². The van der Waals surface area contributed by atoms with Gasteiger partial charge in [0.25, 0.3) is 0 Å². The van der Waals surface area contributed by atoms with Gasteiger partial charge in [0.05, 0.1) is 6.54 Å². The summed E-state index contributed by atoms with van der Waals surface area (Å²) in [6.07, 6.45) is 1.50. The lowest BCUT2D eigenvalue weighted by Crippen LogP contribution is -2.61. The highest BCUT2D eigenvalue weighted by atomic mass is 16.4. The Kier molecular flexibility index (Phi) is 14.8. The quantitative estimate of drug-likeness (QED) is 0.125. The number of carboxylic acid groups (broad SMARTS) is 1. The minimum absolute atomic E-state index is 0.00689. The molecule has 8 N–H and O–H groups in total. The molecule has 1 heterocycles. The lowest BCUT2D eigenvalue weighted by molar-refractivity contribution is -0.142. The highest BCUT2D eigenvalue weighted by Crippen LogP contribution is 2.19. The number of carboxylic acids is 1. The van der Waals surface area contributed by atoms with Crippen LogP contribution in [-0.4, -0.2) is 93.9 Å². The molecule has 0 radical (unpaired) electrons. The van der Waals surface area contributed by atoms with Gasteiger partial charge in [0.2, 0.25) is 29.5 Å². The predicted octanol–water partition coefficient (Wildman–Crippen LogP) is 0.853. The fraction of sp³-hybridized carbons (Fsp3) is 0.500. The summed E-state index contributed by atoms with van der Waals surface area (Å²) in [5.74, 6) is -4.96. The fourth-order valence-electron chi connectivity index (χ4n) is 5.85. The molecule has 0 spiro atoms. The molecule has 1 aliphatic heterocycles. The summed E-state index contributed by atoms with van der Waals surface area (Å²) in [5.41, 5.74) is 6.82. The topological polar surface area (TPSA) is 220 Å². The lowest BCUT2D eigenvalue weighted by atomic mass is 9.96. The number of amides is 5. The van der Waals surface area contributed by atoms with Crippen molar-refractivity contribution in [2.45, 2.75) is 90.0 Å². The minimum atomic E-state index is -1.26. The number of nitrogens with zero attached hydrogens (tertiary/aromatic N) is 1. The first-order valence-corrected chi connectivity index (χ1v) is 17.0. The van der Waals surface area contributed by atoms with Gasteiger partial charge in [-0.3, -0.25) is 24.0 Å². The van der Waals surface area contributed by atoms with Crippen molar-refractivity contribution in [3.8, 4) is 5.75 Å². The number of carbonyl (C=O) groups excluding carboxylic acids is 5. The lowest BCUT2D eigenvalue weighted by Gasteiger charge is -2.30. The molecule has 3 rings (SSSR count). The fourth-order valence-corrected chi connectivity index (χ4v) is 5.85. The number of nitrogens with one attached hydrogen (secondary N) is 4. The number of nitrogens with two attached hydrogens (primary N) is 1. The van der Waals surface area contributed by atoms with Crippen molar-refractivity contribution in [2.24, 2.45) is 17.6 Å². The largest absolute Gasteiger partial charge is 0.508 e. The van der Waals surface area contributed by atoms with Gasteiger partial charge in [0.1, 0.15) is 36.0 Å². The molecule has 50 heavy (non-hydrogen) atoms. The molecule has 5 amide bonds. The number of phenols is 1. The molecule has 2 aromatic rings. The summed E-state index contributed by atoms with van der Waals surface area (Å²) in [6.45, 7) is 7.17. The second kappa shape index (κ2) is 18.7. The molecule has 272 valence electrons. The first-order chi connectivity index (χ1) is 23.7. The standard InChI is InChI=1S/C36H50N6O8/c1-5-22(4)31(35(48)39-27(36(49)50)19-23-10-7-6-8-11-23)41-32(45)26(18-24-13-15-25(43)16-14-24)38-34(47)30(21(2)3)40-33(46)28-12-9-17-42(28)29(44)20-37/h6-8,10-11,13-16,21-22,26-28,30-31,43H,5,9,12,17-20,37H2,1-4H3,(H,38,47)(H,39,48)(H,40,46)(H,41,45)(H,49,50). The Hall–Kier alpha value is -4.98. The average Bonchev–Trinajstić information content (AvgIpc) is 3.59. The maximum absolute atomic E-state index is 14.0. The van der Waals surface area contributed by atoms with E-state index in [1.807, 2.05) is 6.92 Å². The molecule has 2 aromatic carbocycles. The van der Waals surface area contributed by atoms with E-state index in [1.54, 1.807) is 63.2 Å². The Bertz CT molecular complexity index is 1490. The van der Waals surface area contributed by atoms with Crippen LogP contribution in [0.15, 0.2) is 54.6 Å². The van der Waals surface area contributed by atoms with Crippen LogP contribution >= 0.6 is 0 Å². The number of phenolic OH excluding ortho intramolecular Hbond substituents is 1. The van der Waals surface area contributed by atoms with Gasteiger partial charge in [0, 0.05) is 19.4 Å². The van der Waals surface area contributed by atoms with Crippen molar-refractivity contribution < 1.29 is 39.0 Å². The Morgan fingerprint density at radius 1 is 0.800 bits per heavy atom. The number of rotatable bonds is 17. The summed E-state index contributed by atoms with van der Waals surface area (Å²) in [7, 11) is 0. The smallest absolute Gasteiger partial charge is 0.326 e. The van der Waals surface area contributed by atoms with E-state index in [9.17, 15) is 39.0 Å². The molecule has 0 aliphatic carbocycles. The normalized spacial score (nSPS) is 17.2. The Morgan fingerprint density at radius 3 is 1.96 bits per heavy atom. The third kappa shape index (κ3) is 11.0. The number of carbonyl (C=O) groups is 6. The molecule has 0 aromatic heterocycles. The van der Waals surface area contributed by atoms with E-state index in [1.165, 1.54) is 17.0 Å². The zero-order valence-corrected chi connectivity index (χ0v) is 29.1. The number of hydrogen-bond donors (Lipinski definition) is 7. The molecule has 6 unspecified atom stereocenters. The van der Waals surface area contributed by atoms with Crippen LogP contribution in [0.5, 0.6) is 5.75 Å². The van der Waals surface area contributed by atoms with Crippen molar-refractivity contribution in [3.05, 3.63) is 65.7 Å². The highest BCUT2D eigenvalue weighted by Gasteiger charge is 2.38. The Labute approximate surface area is 292 Å². The van der Waals surface area contributed by atoms with Crippen LogP contribution in [0.3, 0.4) is 0 Å². The summed E-state index contributed by atoms with van der Waals surface area (Å²) >= 11 is 0. The van der Waals surface area contributed by atoms with Gasteiger partial charge in [-0.15, -0.1) is 0 Å². The molecule has 0 saturated carbocycles. The third-order valence-electron chi connectivity index (χ3n) is 9.00. The zero-order chi connectivity index (χ0) is 37.0. The van der Waals surface area contributed by atoms with Crippen molar-refractivity contribution in [1.29, 1.82) is 0 Å². The second-order valence-electron chi connectivity index (χ2n) is 13.1. The van der Waals surface area contributed by atoms with Crippen LogP contribution in [0.4, 0.5) is 0 Å². The molecular weight excluding hydrogens is 644 g/mol. The summed E-state index contributed by atoms with van der Waals surface area (Å²) in [4.78, 5) is 80.4. The first-order valence-electron chi connectivity index (χ1n) is 17.0. The van der Waals surface area contributed by atoms with Gasteiger partial charge in [-0.2, -0.15) is 0 Å². The van der Waals surface area contributed by atoms with Crippen LogP contribution in [0.1, 0.15) is 58.1 Å². The van der Waals surface area contributed by atoms with Crippen molar-refractivity contribution >= 4 is 35.5 Å². The molecule has 1 saturated heterocycles. The molecule has 1 fully saturated rings. The molecule has 14 nitrogen and oxygen atoms in total. The zero-order valence-electron chi connectivity index (χ0n) is 29.1. The van der Waals surface area contributed by atoms with Crippen molar-refractivity contribution in [2.75, 3.05) is 13.1 Å². The maximum Gasteiger partial charge on any atom is 0.326 e. The number of hydrogen-bond acceptors (Lipinski definition) is 8. The van der Waals surface area contributed by atoms with Gasteiger partial charge in [0.15, 0.2) is 0 Å². The average molecular weight is 695 g/mol. The summed E-state index contributed by atoms with van der Waals surface area (Å²) in [5, 5.41) is 30.5. The maximum atomic E-state index is 14.0. The van der Waals surface area contributed by atoms with Crippen LogP contribution in [0, 0.1) is 11.8 Å². The summed E-state index contributed by atoms with van der Waals surface area (Å²) in [6, 6.07) is 9.41. The van der Waals surface area contributed by atoms with E-state index in [0.29, 0.717) is 36.9 Å². The summed E-state index contributed by atoms with van der Waals surface area (Å²) < 4.78 is 0. The number of benzene rings is 2. The number of aliphatic carboxylic acids is 1. The van der Waals surface area contributed by atoms with E-state index >= 15 is 0 Å². The highest BCUT2D eigenvalue weighted by molar-refractivity contribution is 5.96. The van der Waals surface area contributed by atoms with E-state index in [2.05, 4.69) is 21.3 Å². The first kappa shape index (κ1) is 39.5. The monoisotopic (exact) mass is 694 g/mol. The second-order valence-corrected chi connectivity index (χ2v) is 13.1.